The van der Waals surface area contributed by atoms with E-state index in [1.54, 1.807) is 0 Å². The van der Waals surface area contributed by atoms with Crippen LogP contribution in [0, 0.1) is 6.92 Å². The van der Waals surface area contributed by atoms with E-state index in [0.29, 0.717) is 11.1 Å². The molecule has 4 rings (SSSR count). The zero-order chi connectivity index (χ0) is 18.1. The molecule has 0 amide bonds. The summed E-state index contributed by atoms with van der Waals surface area (Å²) >= 11 is 1.31. The zero-order valence-electron chi connectivity index (χ0n) is 14.9. The highest BCUT2D eigenvalue weighted by molar-refractivity contribution is 8.00. The molecule has 0 saturated heterocycles. The molecule has 5 heteroatoms. The molecule has 4 nitrogen and oxygen atoms in total. The van der Waals surface area contributed by atoms with Gasteiger partial charge < -0.3 is 4.42 Å². The minimum atomic E-state index is -0.277. The first kappa shape index (κ1) is 17.0. The molecule has 1 atom stereocenters. The van der Waals surface area contributed by atoms with E-state index >= 15 is 0 Å². The second-order valence-electron chi connectivity index (χ2n) is 6.70. The van der Waals surface area contributed by atoms with Crippen LogP contribution in [0.3, 0.4) is 0 Å². The van der Waals surface area contributed by atoms with Crippen LogP contribution in [0.2, 0.25) is 0 Å². The highest BCUT2D eigenvalue weighted by atomic mass is 32.2. The number of hydrogen-bond acceptors (Lipinski definition) is 5. The van der Waals surface area contributed by atoms with Crippen molar-refractivity contribution in [3.63, 3.8) is 0 Å². The molecule has 0 N–H and O–H groups in total. The van der Waals surface area contributed by atoms with E-state index in [1.807, 2.05) is 50.2 Å². The molecule has 0 aliphatic heterocycles. The molecular weight excluding hydrogens is 344 g/mol. The lowest BCUT2D eigenvalue weighted by molar-refractivity contribution is 0.0993. The van der Waals surface area contributed by atoms with Crippen LogP contribution in [-0.2, 0) is 12.8 Å². The summed E-state index contributed by atoms with van der Waals surface area (Å²) in [4.78, 5) is 12.8. The molecule has 0 bridgehead atoms. The molecule has 3 aromatic rings. The molecule has 0 radical (unpaired) electrons. The number of thioether (sulfide) groups is 1. The van der Waals surface area contributed by atoms with E-state index in [4.69, 9.17) is 4.42 Å². The molecule has 0 spiro atoms. The van der Waals surface area contributed by atoms with Crippen molar-refractivity contribution in [2.45, 2.75) is 43.6 Å². The lowest BCUT2D eigenvalue weighted by Crippen LogP contribution is -2.13. The summed E-state index contributed by atoms with van der Waals surface area (Å²) in [5.41, 5.74) is 5.52. The van der Waals surface area contributed by atoms with Crippen molar-refractivity contribution in [2.24, 2.45) is 0 Å². The third kappa shape index (κ3) is 3.44. The van der Waals surface area contributed by atoms with Crippen LogP contribution in [0.25, 0.3) is 11.5 Å². The largest absolute Gasteiger partial charge is 0.411 e. The van der Waals surface area contributed by atoms with E-state index in [-0.39, 0.29) is 11.0 Å². The average molecular weight is 364 g/mol. The molecular formula is C21H20N2O2S. The van der Waals surface area contributed by atoms with Crippen molar-refractivity contribution in [1.29, 1.82) is 0 Å². The van der Waals surface area contributed by atoms with E-state index in [2.05, 4.69) is 16.3 Å². The Bertz CT molecular complexity index is 947. The standard InChI is InChI=1S/C21H20N2O2S/c1-13-6-8-16(9-7-13)20-22-23-21(25-20)26-14(2)19(24)18-11-10-15-4-3-5-17(15)12-18/h6-12,14H,3-5H2,1-2H3. The quantitative estimate of drug-likeness (QED) is 0.476. The predicted octanol–water partition coefficient (Wildman–Crippen LogP) is 4.90. The van der Waals surface area contributed by atoms with Crippen molar-refractivity contribution in [3.8, 4) is 11.5 Å². The van der Waals surface area contributed by atoms with Crippen molar-refractivity contribution >= 4 is 17.5 Å². The number of rotatable bonds is 5. The number of fused-ring (bicyclic) bond motifs is 1. The Morgan fingerprint density at radius 3 is 2.65 bits per heavy atom. The maximum absolute atomic E-state index is 12.8. The third-order valence-corrected chi connectivity index (χ3v) is 5.67. The summed E-state index contributed by atoms with van der Waals surface area (Å²) < 4.78 is 5.73. The average Bonchev–Trinajstić information content (AvgIpc) is 3.30. The first-order chi connectivity index (χ1) is 12.6. The fourth-order valence-electron chi connectivity index (χ4n) is 3.23. The Labute approximate surface area is 157 Å². The van der Waals surface area contributed by atoms with E-state index in [1.165, 1.54) is 34.9 Å². The number of aryl methyl sites for hydroxylation is 3. The molecule has 0 fully saturated rings. The number of ketones is 1. The zero-order valence-corrected chi connectivity index (χ0v) is 15.7. The van der Waals surface area contributed by atoms with Gasteiger partial charge in [0.2, 0.25) is 5.89 Å². The Morgan fingerprint density at radius 2 is 1.85 bits per heavy atom. The van der Waals surface area contributed by atoms with Gasteiger partial charge in [0.25, 0.3) is 5.22 Å². The summed E-state index contributed by atoms with van der Waals surface area (Å²) in [5, 5.41) is 8.32. The fourth-order valence-corrected chi connectivity index (χ4v) is 4.00. The minimum absolute atomic E-state index is 0.0970. The number of nitrogens with zero attached hydrogens (tertiary/aromatic N) is 2. The molecule has 132 valence electrons. The van der Waals surface area contributed by atoms with Crippen LogP contribution >= 0.6 is 11.8 Å². The number of benzene rings is 2. The van der Waals surface area contributed by atoms with Gasteiger partial charge in [-0.15, -0.1) is 10.2 Å². The SMILES string of the molecule is Cc1ccc(-c2nnc(SC(C)C(=O)c3ccc4c(c3)CCC4)o2)cc1. The van der Waals surface area contributed by atoms with Crippen LogP contribution in [0.15, 0.2) is 52.1 Å². The summed E-state index contributed by atoms with van der Waals surface area (Å²) in [7, 11) is 0. The van der Waals surface area contributed by atoms with Gasteiger partial charge in [-0.2, -0.15) is 0 Å². The van der Waals surface area contributed by atoms with Crippen LogP contribution in [-0.4, -0.2) is 21.2 Å². The second-order valence-corrected chi connectivity index (χ2v) is 7.99. The first-order valence-electron chi connectivity index (χ1n) is 8.83. The summed E-state index contributed by atoms with van der Waals surface area (Å²) in [6.07, 6.45) is 3.38. The number of Topliss-reactive ketones (excluding diaryl/α,β-unsaturated/α-hetero) is 1. The van der Waals surface area contributed by atoms with Gasteiger partial charge >= 0.3 is 0 Å². The molecule has 26 heavy (non-hydrogen) atoms. The second kappa shape index (κ2) is 7.08. The molecule has 1 unspecified atom stereocenters. The predicted molar refractivity (Wildman–Crippen MR) is 103 cm³/mol. The number of aromatic nitrogens is 2. The van der Waals surface area contributed by atoms with Gasteiger partial charge in [0, 0.05) is 11.1 Å². The van der Waals surface area contributed by atoms with Crippen LogP contribution < -0.4 is 0 Å². The number of carbonyl (C=O) groups is 1. The van der Waals surface area contributed by atoms with Gasteiger partial charge in [0.15, 0.2) is 5.78 Å². The van der Waals surface area contributed by atoms with Crippen molar-refractivity contribution in [2.75, 3.05) is 0 Å². The van der Waals surface area contributed by atoms with Crippen molar-refractivity contribution in [3.05, 3.63) is 64.7 Å². The first-order valence-corrected chi connectivity index (χ1v) is 9.71. The fraction of sp³-hybridized carbons (Fsp3) is 0.286. The third-order valence-electron chi connectivity index (χ3n) is 4.73. The van der Waals surface area contributed by atoms with Gasteiger partial charge in [-0.3, -0.25) is 4.79 Å². The van der Waals surface area contributed by atoms with Crippen molar-refractivity contribution in [1.82, 2.24) is 10.2 Å². The molecule has 1 aromatic heterocycles. The summed E-state index contributed by atoms with van der Waals surface area (Å²) in [5.74, 6) is 0.574. The lowest BCUT2D eigenvalue weighted by Gasteiger charge is -2.09. The number of carbonyl (C=O) groups excluding carboxylic acids is 1. The Morgan fingerprint density at radius 1 is 1.08 bits per heavy atom. The molecule has 1 aliphatic rings. The Hall–Kier alpha value is -2.40. The maximum Gasteiger partial charge on any atom is 0.277 e. The van der Waals surface area contributed by atoms with Gasteiger partial charge in [0.05, 0.1) is 5.25 Å². The van der Waals surface area contributed by atoms with E-state index in [9.17, 15) is 4.79 Å². The highest BCUT2D eigenvalue weighted by Gasteiger charge is 2.22. The smallest absolute Gasteiger partial charge is 0.277 e. The summed E-state index contributed by atoms with van der Waals surface area (Å²) in [6, 6.07) is 14.0. The Kier molecular flexibility index (Phi) is 4.64. The molecule has 2 aromatic carbocycles. The van der Waals surface area contributed by atoms with Gasteiger partial charge in [0.1, 0.15) is 0 Å². The van der Waals surface area contributed by atoms with Gasteiger partial charge in [-0.05, 0) is 62.4 Å². The van der Waals surface area contributed by atoms with Gasteiger partial charge in [-0.25, -0.2) is 0 Å². The van der Waals surface area contributed by atoms with E-state index in [0.717, 1.165) is 24.0 Å². The molecule has 0 saturated carbocycles. The number of hydrogen-bond donors (Lipinski definition) is 0. The van der Waals surface area contributed by atoms with Crippen molar-refractivity contribution < 1.29 is 9.21 Å². The van der Waals surface area contributed by atoms with E-state index < -0.39 is 0 Å². The normalized spacial score (nSPS) is 14.2. The van der Waals surface area contributed by atoms with Crippen LogP contribution in [0.4, 0.5) is 0 Å². The van der Waals surface area contributed by atoms with Crippen LogP contribution in [0.5, 0.6) is 0 Å². The van der Waals surface area contributed by atoms with Gasteiger partial charge in [-0.1, -0.05) is 41.6 Å². The maximum atomic E-state index is 12.8. The lowest BCUT2D eigenvalue weighted by atomic mass is 10.0. The highest BCUT2D eigenvalue weighted by Crippen LogP contribution is 2.29. The van der Waals surface area contributed by atoms with Crippen LogP contribution in [0.1, 0.15) is 40.4 Å². The minimum Gasteiger partial charge on any atom is -0.411 e. The Balaban J connectivity index is 1.47. The molecule has 1 aliphatic carbocycles. The summed E-state index contributed by atoms with van der Waals surface area (Å²) in [6.45, 7) is 3.92. The molecule has 1 heterocycles. The monoisotopic (exact) mass is 364 g/mol. The topological polar surface area (TPSA) is 56.0 Å².